The van der Waals surface area contributed by atoms with Gasteiger partial charge in [-0.2, -0.15) is 0 Å². The number of carboxylic acids is 1. The van der Waals surface area contributed by atoms with Crippen LogP contribution in [0.3, 0.4) is 0 Å². The zero-order valence-corrected chi connectivity index (χ0v) is 12.7. The van der Waals surface area contributed by atoms with E-state index in [1.165, 1.54) is 0 Å². The average molecular weight is 296 g/mol. The molecule has 0 aliphatic rings. The summed E-state index contributed by atoms with van der Waals surface area (Å²) in [6.45, 7) is 5.62. The number of benzene rings is 1. The van der Waals surface area contributed by atoms with Gasteiger partial charge >= 0.3 is 5.97 Å². The van der Waals surface area contributed by atoms with E-state index in [1.54, 1.807) is 6.92 Å². The minimum Gasteiger partial charge on any atom is -0.477 e. The predicted molar refractivity (Wildman–Crippen MR) is 82.2 cm³/mol. The van der Waals surface area contributed by atoms with Crippen LogP contribution >= 0.6 is 0 Å². The number of carboxylic acid groups (broad SMARTS) is 1. The van der Waals surface area contributed by atoms with Crippen LogP contribution in [0.1, 0.15) is 38.4 Å². The molecule has 0 aliphatic heterocycles. The quantitative estimate of drug-likeness (QED) is 0.801. The SMILES string of the molecule is Cc1ccccc1Cc1c(C(=O)O)nc2c(C)noc2c1C. The van der Waals surface area contributed by atoms with E-state index in [-0.39, 0.29) is 5.69 Å². The highest BCUT2D eigenvalue weighted by Crippen LogP contribution is 2.27. The number of aromatic carboxylic acids is 1. The molecule has 22 heavy (non-hydrogen) atoms. The molecule has 0 radical (unpaired) electrons. The van der Waals surface area contributed by atoms with Gasteiger partial charge in [0.15, 0.2) is 11.3 Å². The van der Waals surface area contributed by atoms with E-state index in [4.69, 9.17) is 4.52 Å². The van der Waals surface area contributed by atoms with Gasteiger partial charge in [-0.3, -0.25) is 0 Å². The Kier molecular flexibility index (Phi) is 3.41. The molecule has 0 saturated heterocycles. The maximum atomic E-state index is 11.6. The van der Waals surface area contributed by atoms with Gasteiger partial charge in [-0.15, -0.1) is 0 Å². The van der Waals surface area contributed by atoms with E-state index >= 15 is 0 Å². The second kappa shape index (κ2) is 5.26. The number of hydrogen-bond acceptors (Lipinski definition) is 4. The molecule has 2 aromatic heterocycles. The number of hydrogen-bond donors (Lipinski definition) is 1. The van der Waals surface area contributed by atoms with E-state index < -0.39 is 5.97 Å². The smallest absolute Gasteiger partial charge is 0.354 e. The van der Waals surface area contributed by atoms with Gasteiger partial charge in [-0.05, 0) is 37.5 Å². The molecule has 1 aromatic carbocycles. The summed E-state index contributed by atoms with van der Waals surface area (Å²) in [5, 5.41) is 13.4. The lowest BCUT2D eigenvalue weighted by molar-refractivity contribution is 0.0689. The highest BCUT2D eigenvalue weighted by molar-refractivity contribution is 5.92. The van der Waals surface area contributed by atoms with Crippen LogP contribution in [-0.4, -0.2) is 21.2 Å². The molecule has 0 unspecified atom stereocenters. The van der Waals surface area contributed by atoms with Gasteiger partial charge in [0.2, 0.25) is 0 Å². The normalized spacial score (nSPS) is 11.0. The third kappa shape index (κ3) is 2.24. The molecule has 0 bridgehead atoms. The molecule has 2 heterocycles. The number of carbonyl (C=O) groups is 1. The molecule has 5 nitrogen and oxygen atoms in total. The Morgan fingerprint density at radius 2 is 1.95 bits per heavy atom. The van der Waals surface area contributed by atoms with E-state index in [0.717, 1.165) is 16.7 Å². The van der Waals surface area contributed by atoms with Gasteiger partial charge in [-0.1, -0.05) is 29.4 Å². The molecule has 0 fully saturated rings. The number of fused-ring (bicyclic) bond motifs is 1. The molecule has 0 saturated carbocycles. The Labute approximate surface area is 127 Å². The molecule has 3 rings (SSSR count). The molecule has 3 aromatic rings. The van der Waals surface area contributed by atoms with Gasteiger partial charge in [0.1, 0.15) is 11.2 Å². The molecule has 0 spiro atoms. The lowest BCUT2D eigenvalue weighted by Gasteiger charge is -2.11. The Bertz CT molecular complexity index is 881. The Balaban J connectivity index is 2.23. The molecule has 112 valence electrons. The monoisotopic (exact) mass is 296 g/mol. The number of rotatable bonds is 3. The van der Waals surface area contributed by atoms with Crippen molar-refractivity contribution in [1.82, 2.24) is 10.1 Å². The maximum absolute atomic E-state index is 11.6. The third-order valence-corrected chi connectivity index (χ3v) is 3.97. The standard InChI is InChI=1S/C17H16N2O3/c1-9-6-4-5-7-12(9)8-13-10(2)16-14(11(3)19-22-16)18-15(13)17(20)21/h4-7H,8H2,1-3H3,(H,20,21). The molecule has 0 aliphatic carbocycles. The van der Waals surface area contributed by atoms with Crippen molar-refractivity contribution in [3.63, 3.8) is 0 Å². The van der Waals surface area contributed by atoms with Crippen LogP contribution in [0.5, 0.6) is 0 Å². The van der Waals surface area contributed by atoms with Crippen molar-refractivity contribution >= 4 is 17.1 Å². The fourth-order valence-electron chi connectivity index (χ4n) is 2.63. The largest absolute Gasteiger partial charge is 0.477 e. The van der Waals surface area contributed by atoms with Crippen molar-refractivity contribution in [3.8, 4) is 0 Å². The van der Waals surface area contributed by atoms with Crippen molar-refractivity contribution in [2.45, 2.75) is 27.2 Å². The topological polar surface area (TPSA) is 76.2 Å². The van der Waals surface area contributed by atoms with Crippen LogP contribution in [0.15, 0.2) is 28.8 Å². The van der Waals surface area contributed by atoms with E-state index in [9.17, 15) is 9.90 Å². The van der Waals surface area contributed by atoms with E-state index in [0.29, 0.717) is 28.8 Å². The first-order valence-electron chi connectivity index (χ1n) is 7.02. The first kappa shape index (κ1) is 14.3. The zero-order valence-electron chi connectivity index (χ0n) is 12.7. The number of nitrogens with zero attached hydrogens (tertiary/aromatic N) is 2. The van der Waals surface area contributed by atoms with Crippen molar-refractivity contribution in [2.24, 2.45) is 0 Å². The number of aryl methyl sites for hydroxylation is 3. The second-order valence-electron chi connectivity index (χ2n) is 5.42. The van der Waals surface area contributed by atoms with Crippen molar-refractivity contribution in [2.75, 3.05) is 0 Å². The van der Waals surface area contributed by atoms with Crippen molar-refractivity contribution in [3.05, 3.63) is 57.9 Å². The van der Waals surface area contributed by atoms with Crippen LogP contribution in [0, 0.1) is 20.8 Å². The summed E-state index contributed by atoms with van der Waals surface area (Å²) >= 11 is 0. The summed E-state index contributed by atoms with van der Waals surface area (Å²) in [5.41, 5.74) is 5.39. The maximum Gasteiger partial charge on any atom is 0.354 e. The summed E-state index contributed by atoms with van der Waals surface area (Å²) in [6.07, 6.45) is 0.503. The van der Waals surface area contributed by atoms with Crippen LogP contribution < -0.4 is 0 Å². The third-order valence-electron chi connectivity index (χ3n) is 3.97. The van der Waals surface area contributed by atoms with E-state index in [1.807, 2.05) is 38.1 Å². The number of pyridine rings is 1. The highest BCUT2D eigenvalue weighted by Gasteiger charge is 2.21. The summed E-state index contributed by atoms with van der Waals surface area (Å²) in [4.78, 5) is 15.9. The van der Waals surface area contributed by atoms with Crippen LogP contribution in [0.4, 0.5) is 0 Å². The molecule has 1 N–H and O–H groups in total. The summed E-state index contributed by atoms with van der Waals surface area (Å²) < 4.78 is 5.32. The first-order chi connectivity index (χ1) is 10.5. The summed E-state index contributed by atoms with van der Waals surface area (Å²) in [7, 11) is 0. The van der Waals surface area contributed by atoms with Gasteiger partial charge < -0.3 is 9.63 Å². The molecule has 0 amide bonds. The van der Waals surface area contributed by atoms with Gasteiger partial charge in [0, 0.05) is 12.0 Å². The highest BCUT2D eigenvalue weighted by atomic mass is 16.5. The lowest BCUT2D eigenvalue weighted by Crippen LogP contribution is -2.09. The van der Waals surface area contributed by atoms with Crippen molar-refractivity contribution < 1.29 is 14.4 Å². The average Bonchev–Trinajstić information content (AvgIpc) is 2.85. The fraction of sp³-hybridized carbons (Fsp3) is 0.235. The Morgan fingerprint density at radius 1 is 1.23 bits per heavy atom. The van der Waals surface area contributed by atoms with Gasteiger partial charge in [0.05, 0.1) is 0 Å². The van der Waals surface area contributed by atoms with E-state index in [2.05, 4.69) is 10.1 Å². The minimum absolute atomic E-state index is 0.0690. The zero-order chi connectivity index (χ0) is 15.9. The van der Waals surface area contributed by atoms with Crippen molar-refractivity contribution in [1.29, 1.82) is 0 Å². The van der Waals surface area contributed by atoms with Crippen LogP contribution in [-0.2, 0) is 6.42 Å². The Morgan fingerprint density at radius 3 is 2.64 bits per heavy atom. The Hall–Kier alpha value is -2.69. The van der Waals surface area contributed by atoms with Gasteiger partial charge in [-0.25, -0.2) is 9.78 Å². The lowest BCUT2D eigenvalue weighted by atomic mass is 9.95. The van der Waals surface area contributed by atoms with Crippen LogP contribution in [0.25, 0.3) is 11.1 Å². The van der Waals surface area contributed by atoms with Gasteiger partial charge in [0.25, 0.3) is 0 Å². The van der Waals surface area contributed by atoms with Crippen LogP contribution in [0.2, 0.25) is 0 Å². The molecule has 5 heteroatoms. The molecule has 0 atom stereocenters. The number of aromatic nitrogens is 2. The first-order valence-corrected chi connectivity index (χ1v) is 7.02. The predicted octanol–water partition coefficient (Wildman–Crippen LogP) is 3.44. The summed E-state index contributed by atoms with van der Waals surface area (Å²) in [6, 6.07) is 7.92. The summed E-state index contributed by atoms with van der Waals surface area (Å²) in [5.74, 6) is -1.03. The fourth-order valence-corrected chi connectivity index (χ4v) is 2.63. The second-order valence-corrected chi connectivity index (χ2v) is 5.42. The molecular formula is C17H16N2O3. The minimum atomic E-state index is -1.03. The molecular weight excluding hydrogens is 280 g/mol.